The van der Waals surface area contributed by atoms with E-state index in [1.807, 2.05) is 0 Å². The molecule has 0 aromatic carbocycles. The van der Waals surface area contributed by atoms with Crippen molar-refractivity contribution in [1.82, 2.24) is 0 Å². The van der Waals surface area contributed by atoms with Crippen molar-refractivity contribution in [3.8, 4) is 12.3 Å². The first-order valence-corrected chi connectivity index (χ1v) is 3.78. The SMILES string of the molecule is C#CCC(=O)CCC1CC1. The highest BCUT2D eigenvalue weighted by molar-refractivity contribution is 5.80. The van der Waals surface area contributed by atoms with Crippen molar-refractivity contribution in [2.24, 2.45) is 5.92 Å². The highest BCUT2D eigenvalue weighted by atomic mass is 16.1. The average molecular weight is 136 g/mol. The van der Waals surface area contributed by atoms with Gasteiger partial charge in [0.25, 0.3) is 0 Å². The van der Waals surface area contributed by atoms with Gasteiger partial charge in [-0.15, -0.1) is 6.42 Å². The Morgan fingerprint density at radius 2 is 2.30 bits per heavy atom. The van der Waals surface area contributed by atoms with Crippen LogP contribution in [0.4, 0.5) is 0 Å². The van der Waals surface area contributed by atoms with Gasteiger partial charge in [-0.25, -0.2) is 0 Å². The molecule has 1 nitrogen and oxygen atoms in total. The molecule has 0 unspecified atom stereocenters. The summed E-state index contributed by atoms with van der Waals surface area (Å²) in [5, 5.41) is 0. The van der Waals surface area contributed by atoms with Crippen LogP contribution >= 0.6 is 0 Å². The Hall–Kier alpha value is -0.770. The average Bonchev–Trinajstić information content (AvgIpc) is 2.67. The molecule has 1 heteroatoms. The van der Waals surface area contributed by atoms with Crippen molar-refractivity contribution >= 4 is 5.78 Å². The monoisotopic (exact) mass is 136 g/mol. The summed E-state index contributed by atoms with van der Waals surface area (Å²) < 4.78 is 0. The molecule has 0 saturated heterocycles. The zero-order valence-electron chi connectivity index (χ0n) is 6.10. The molecule has 54 valence electrons. The lowest BCUT2D eigenvalue weighted by molar-refractivity contribution is -0.118. The van der Waals surface area contributed by atoms with Crippen molar-refractivity contribution in [1.29, 1.82) is 0 Å². The summed E-state index contributed by atoms with van der Waals surface area (Å²) >= 11 is 0. The molecule has 0 aliphatic heterocycles. The summed E-state index contributed by atoms with van der Waals surface area (Å²) in [5.74, 6) is 3.44. The van der Waals surface area contributed by atoms with Crippen LogP contribution in [0.25, 0.3) is 0 Å². The molecule has 10 heavy (non-hydrogen) atoms. The highest BCUT2D eigenvalue weighted by Gasteiger charge is 2.21. The summed E-state index contributed by atoms with van der Waals surface area (Å²) in [6, 6.07) is 0. The zero-order valence-corrected chi connectivity index (χ0v) is 6.10. The Morgan fingerprint density at radius 1 is 1.60 bits per heavy atom. The fourth-order valence-electron chi connectivity index (χ4n) is 0.974. The van der Waals surface area contributed by atoms with Crippen molar-refractivity contribution in [2.45, 2.75) is 32.1 Å². The van der Waals surface area contributed by atoms with Gasteiger partial charge in [-0.2, -0.15) is 0 Å². The minimum atomic E-state index is 0.231. The van der Waals surface area contributed by atoms with E-state index in [-0.39, 0.29) is 5.78 Å². The molecule has 0 amide bonds. The van der Waals surface area contributed by atoms with Crippen LogP contribution in [0.15, 0.2) is 0 Å². The second-order valence-corrected chi connectivity index (χ2v) is 2.90. The maximum atomic E-state index is 10.8. The van der Waals surface area contributed by atoms with Gasteiger partial charge in [0.1, 0.15) is 5.78 Å². The van der Waals surface area contributed by atoms with E-state index < -0.39 is 0 Å². The number of carbonyl (C=O) groups excluding carboxylic acids is 1. The third-order valence-electron chi connectivity index (χ3n) is 1.83. The molecular weight excluding hydrogens is 124 g/mol. The van der Waals surface area contributed by atoms with Gasteiger partial charge in [0.05, 0.1) is 6.42 Å². The van der Waals surface area contributed by atoms with Gasteiger partial charge in [-0.1, -0.05) is 18.8 Å². The number of hydrogen-bond donors (Lipinski definition) is 0. The van der Waals surface area contributed by atoms with E-state index in [1.165, 1.54) is 12.8 Å². The Labute approximate surface area is 61.8 Å². The number of rotatable bonds is 4. The lowest BCUT2D eigenvalue weighted by Crippen LogP contribution is -1.95. The van der Waals surface area contributed by atoms with Crippen LogP contribution in [-0.2, 0) is 4.79 Å². The van der Waals surface area contributed by atoms with Crippen LogP contribution in [0.1, 0.15) is 32.1 Å². The molecule has 1 fully saturated rings. The van der Waals surface area contributed by atoms with Crippen LogP contribution in [0.5, 0.6) is 0 Å². The van der Waals surface area contributed by atoms with Crippen LogP contribution in [0.2, 0.25) is 0 Å². The smallest absolute Gasteiger partial charge is 0.144 e. The topological polar surface area (TPSA) is 17.1 Å². The van der Waals surface area contributed by atoms with Crippen molar-refractivity contribution in [2.75, 3.05) is 0 Å². The van der Waals surface area contributed by atoms with Crippen LogP contribution in [-0.4, -0.2) is 5.78 Å². The molecular formula is C9H12O. The molecule has 0 atom stereocenters. The summed E-state index contributed by atoms with van der Waals surface area (Å²) in [6.45, 7) is 0. The fourth-order valence-corrected chi connectivity index (χ4v) is 0.974. The maximum absolute atomic E-state index is 10.8. The number of carbonyl (C=O) groups is 1. The van der Waals surface area contributed by atoms with E-state index in [0.29, 0.717) is 12.8 Å². The number of hydrogen-bond acceptors (Lipinski definition) is 1. The van der Waals surface area contributed by atoms with E-state index >= 15 is 0 Å². The molecule has 1 rings (SSSR count). The molecule has 0 N–H and O–H groups in total. The standard InChI is InChI=1S/C9H12O/c1-2-3-9(10)7-6-8-4-5-8/h1,8H,3-7H2. The predicted molar refractivity (Wildman–Crippen MR) is 40.4 cm³/mol. The third-order valence-corrected chi connectivity index (χ3v) is 1.83. The van der Waals surface area contributed by atoms with E-state index in [4.69, 9.17) is 6.42 Å². The summed E-state index contributed by atoms with van der Waals surface area (Å²) in [5.41, 5.74) is 0. The quantitative estimate of drug-likeness (QED) is 0.538. The molecule has 0 spiro atoms. The third kappa shape index (κ3) is 2.68. The minimum Gasteiger partial charge on any atom is -0.299 e. The lowest BCUT2D eigenvalue weighted by Gasteiger charge is -1.92. The van der Waals surface area contributed by atoms with Crippen LogP contribution < -0.4 is 0 Å². The lowest BCUT2D eigenvalue weighted by atomic mass is 10.1. The van der Waals surface area contributed by atoms with Crippen molar-refractivity contribution in [3.05, 3.63) is 0 Å². The summed E-state index contributed by atoms with van der Waals surface area (Å²) in [4.78, 5) is 10.8. The van der Waals surface area contributed by atoms with Crippen LogP contribution in [0.3, 0.4) is 0 Å². The molecule has 0 bridgehead atoms. The van der Waals surface area contributed by atoms with Gasteiger partial charge in [0, 0.05) is 6.42 Å². The van der Waals surface area contributed by atoms with E-state index in [9.17, 15) is 4.79 Å². The second kappa shape index (κ2) is 3.41. The normalized spacial score (nSPS) is 16.3. The molecule has 0 radical (unpaired) electrons. The first kappa shape index (κ1) is 7.34. The largest absolute Gasteiger partial charge is 0.299 e. The molecule has 1 saturated carbocycles. The molecule has 1 aliphatic rings. The number of terminal acetylenes is 1. The van der Waals surface area contributed by atoms with Crippen molar-refractivity contribution < 1.29 is 4.79 Å². The minimum absolute atomic E-state index is 0.231. The maximum Gasteiger partial charge on any atom is 0.144 e. The molecule has 0 heterocycles. The first-order valence-electron chi connectivity index (χ1n) is 3.78. The van der Waals surface area contributed by atoms with Gasteiger partial charge in [-0.3, -0.25) is 4.79 Å². The van der Waals surface area contributed by atoms with Crippen LogP contribution in [0, 0.1) is 18.3 Å². The zero-order chi connectivity index (χ0) is 7.40. The number of Topliss-reactive ketones (excluding diaryl/α,β-unsaturated/α-hetero) is 1. The fraction of sp³-hybridized carbons (Fsp3) is 0.667. The first-order chi connectivity index (χ1) is 4.83. The van der Waals surface area contributed by atoms with Gasteiger partial charge >= 0.3 is 0 Å². The highest BCUT2D eigenvalue weighted by Crippen LogP contribution is 2.33. The summed E-state index contributed by atoms with van der Waals surface area (Å²) in [6.07, 6.45) is 9.73. The van der Waals surface area contributed by atoms with E-state index in [2.05, 4.69) is 5.92 Å². The van der Waals surface area contributed by atoms with Gasteiger partial charge < -0.3 is 0 Å². The van der Waals surface area contributed by atoms with Crippen molar-refractivity contribution in [3.63, 3.8) is 0 Å². The Kier molecular flexibility index (Phi) is 2.50. The Bertz CT molecular complexity index is 160. The van der Waals surface area contributed by atoms with E-state index in [0.717, 1.165) is 12.3 Å². The molecule has 0 aromatic rings. The summed E-state index contributed by atoms with van der Waals surface area (Å²) in [7, 11) is 0. The molecule has 1 aliphatic carbocycles. The Morgan fingerprint density at radius 3 is 2.80 bits per heavy atom. The second-order valence-electron chi connectivity index (χ2n) is 2.90. The van der Waals surface area contributed by atoms with Gasteiger partial charge in [0.15, 0.2) is 0 Å². The van der Waals surface area contributed by atoms with Gasteiger partial charge in [-0.05, 0) is 12.3 Å². The number of ketones is 1. The van der Waals surface area contributed by atoms with Gasteiger partial charge in [0.2, 0.25) is 0 Å². The van der Waals surface area contributed by atoms with E-state index in [1.54, 1.807) is 0 Å². The predicted octanol–water partition coefficient (Wildman–Crippen LogP) is 1.77. The molecule has 0 aromatic heterocycles. The Balaban J connectivity index is 2.01.